The SMILES string of the molecule is CN1C(=O)[C@@]2(c3ccccc31)[C@@H]1C(=O)CC[C@@]12C. The molecule has 0 unspecified atom stereocenters. The molecule has 2 fully saturated rings. The van der Waals surface area contributed by atoms with Gasteiger partial charge in [0.2, 0.25) is 5.91 Å². The molecular weight excluding hydrogens is 226 g/mol. The predicted molar refractivity (Wildman–Crippen MR) is 67.4 cm³/mol. The van der Waals surface area contributed by atoms with Gasteiger partial charge in [-0.15, -0.1) is 0 Å². The van der Waals surface area contributed by atoms with Gasteiger partial charge in [-0.2, -0.15) is 0 Å². The summed E-state index contributed by atoms with van der Waals surface area (Å²) in [6.45, 7) is 2.11. The summed E-state index contributed by atoms with van der Waals surface area (Å²) in [5.74, 6) is 0.309. The van der Waals surface area contributed by atoms with Crippen LogP contribution in [0.4, 0.5) is 5.69 Å². The fourth-order valence-corrected chi connectivity index (χ4v) is 4.56. The van der Waals surface area contributed by atoms with Crippen LogP contribution < -0.4 is 4.90 Å². The molecule has 1 aromatic rings. The summed E-state index contributed by atoms with van der Waals surface area (Å²) in [4.78, 5) is 26.5. The van der Waals surface area contributed by atoms with Gasteiger partial charge in [-0.25, -0.2) is 0 Å². The maximum absolute atomic E-state index is 12.7. The Morgan fingerprint density at radius 3 is 2.67 bits per heavy atom. The molecule has 0 aromatic heterocycles. The first kappa shape index (κ1) is 10.3. The molecular formula is C15H15NO2. The second kappa shape index (κ2) is 2.68. The third-order valence-electron chi connectivity index (χ3n) is 5.43. The number of benzene rings is 1. The highest BCUT2D eigenvalue weighted by Crippen LogP contribution is 2.78. The van der Waals surface area contributed by atoms with Gasteiger partial charge in [0, 0.05) is 25.1 Å². The standard InChI is InChI=1S/C15H15NO2/c1-14-8-7-11(17)12(14)15(14)9-5-3-4-6-10(9)16(2)13(15)18/h3-6,12H,7-8H2,1-2H3/t12-,14+,15-/m1/s1. The monoisotopic (exact) mass is 241 g/mol. The van der Waals surface area contributed by atoms with Gasteiger partial charge in [-0.3, -0.25) is 9.59 Å². The summed E-state index contributed by atoms with van der Waals surface area (Å²) in [7, 11) is 1.82. The number of carbonyl (C=O) groups is 2. The highest BCUT2D eigenvalue weighted by molar-refractivity contribution is 6.16. The maximum atomic E-state index is 12.7. The molecule has 0 N–H and O–H groups in total. The largest absolute Gasteiger partial charge is 0.314 e. The zero-order valence-electron chi connectivity index (χ0n) is 10.6. The Morgan fingerprint density at radius 2 is 2.00 bits per heavy atom. The van der Waals surface area contributed by atoms with E-state index in [4.69, 9.17) is 0 Å². The van der Waals surface area contributed by atoms with Crippen LogP contribution in [-0.2, 0) is 15.0 Å². The van der Waals surface area contributed by atoms with Crippen molar-refractivity contribution < 1.29 is 9.59 Å². The molecule has 3 nitrogen and oxygen atoms in total. The number of fused-ring (bicyclic) bond motifs is 5. The molecule has 1 spiro atoms. The first-order valence-electron chi connectivity index (χ1n) is 6.45. The van der Waals surface area contributed by atoms with Crippen LogP contribution in [0.15, 0.2) is 24.3 Å². The van der Waals surface area contributed by atoms with Crippen molar-refractivity contribution in [3.63, 3.8) is 0 Å². The maximum Gasteiger partial charge on any atom is 0.238 e. The zero-order valence-corrected chi connectivity index (χ0v) is 10.6. The van der Waals surface area contributed by atoms with Gasteiger partial charge in [0.25, 0.3) is 0 Å². The van der Waals surface area contributed by atoms with E-state index in [0.29, 0.717) is 6.42 Å². The van der Waals surface area contributed by atoms with E-state index in [0.717, 1.165) is 17.7 Å². The van der Waals surface area contributed by atoms with E-state index in [1.165, 1.54) is 0 Å². The Balaban J connectivity index is 1.99. The van der Waals surface area contributed by atoms with Crippen molar-refractivity contribution in [3.05, 3.63) is 29.8 Å². The molecule has 18 heavy (non-hydrogen) atoms. The van der Waals surface area contributed by atoms with Gasteiger partial charge >= 0.3 is 0 Å². The lowest BCUT2D eigenvalue weighted by Gasteiger charge is -2.17. The lowest BCUT2D eigenvalue weighted by Crippen LogP contribution is -2.34. The molecule has 0 saturated heterocycles. The molecule has 0 radical (unpaired) electrons. The van der Waals surface area contributed by atoms with Crippen LogP contribution in [0.25, 0.3) is 0 Å². The van der Waals surface area contributed by atoms with Crippen LogP contribution >= 0.6 is 0 Å². The molecule has 0 bridgehead atoms. The number of para-hydroxylation sites is 1. The van der Waals surface area contributed by atoms with Gasteiger partial charge in [0.1, 0.15) is 5.78 Å². The Labute approximate surface area is 106 Å². The Kier molecular flexibility index (Phi) is 1.53. The van der Waals surface area contributed by atoms with E-state index < -0.39 is 5.41 Å². The molecule has 92 valence electrons. The van der Waals surface area contributed by atoms with Crippen molar-refractivity contribution in [1.29, 1.82) is 0 Å². The van der Waals surface area contributed by atoms with Crippen molar-refractivity contribution in [2.75, 3.05) is 11.9 Å². The number of likely N-dealkylation sites (N-methyl/N-ethyl adjacent to an activating group) is 1. The molecule has 3 atom stereocenters. The number of ketones is 1. The topological polar surface area (TPSA) is 37.4 Å². The number of rotatable bonds is 0. The summed E-state index contributed by atoms with van der Waals surface area (Å²) in [6.07, 6.45) is 1.49. The number of hydrogen-bond acceptors (Lipinski definition) is 2. The number of anilines is 1. The lowest BCUT2D eigenvalue weighted by molar-refractivity contribution is -0.125. The number of Topliss-reactive ketones (excluding diaryl/α,β-unsaturated/α-hetero) is 1. The lowest BCUT2D eigenvalue weighted by atomic mass is 9.84. The Bertz CT molecular complexity index is 608. The number of nitrogens with zero attached hydrogens (tertiary/aromatic N) is 1. The fourth-order valence-electron chi connectivity index (χ4n) is 4.56. The Morgan fingerprint density at radius 1 is 1.28 bits per heavy atom. The first-order valence-corrected chi connectivity index (χ1v) is 6.45. The normalized spacial score (nSPS) is 40.3. The third-order valence-corrected chi connectivity index (χ3v) is 5.43. The number of amides is 1. The quantitative estimate of drug-likeness (QED) is 0.695. The van der Waals surface area contributed by atoms with Crippen molar-refractivity contribution in [1.82, 2.24) is 0 Å². The highest BCUT2D eigenvalue weighted by atomic mass is 16.2. The summed E-state index contributed by atoms with van der Waals surface area (Å²) in [5, 5.41) is 0. The molecule has 1 heterocycles. The average molecular weight is 241 g/mol. The summed E-state index contributed by atoms with van der Waals surface area (Å²) >= 11 is 0. The van der Waals surface area contributed by atoms with Crippen LogP contribution in [0.2, 0.25) is 0 Å². The average Bonchev–Trinajstić information content (AvgIpc) is 2.70. The van der Waals surface area contributed by atoms with Crippen LogP contribution in [0.3, 0.4) is 0 Å². The number of carbonyl (C=O) groups excluding carboxylic acids is 2. The molecule has 2 saturated carbocycles. The summed E-state index contributed by atoms with van der Waals surface area (Å²) < 4.78 is 0. The van der Waals surface area contributed by atoms with Crippen molar-refractivity contribution >= 4 is 17.4 Å². The van der Waals surface area contributed by atoms with Gasteiger partial charge in [0.15, 0.2) is 0 Å². The minimum atomic E-state index is -0.534. The second-order valence-electron chi connectivity index (χ2n) is 6.01. The predicted octanol–water partition coefficient (Wildman–Crippen LogP) is 1.90. The molecule has 3 heteroatoms. The molecule has 4 rings (SSSR count). The minimum absolute atomic E-state index is 0.0800. The molecule has 3 aliphatic rings. The van der Waals surface area contributed by atoms with E-state index in [-0.39, 0.29) is 23.0 Å². The van der Waals surface area contributed by atoms with E-state index >= 15 is 0 Å². The fraction of sp³-hybridized carbons (Fsp3) is 0.467. The molecule has 1 aliphatic heterocycles. The Hall–Kier alpha value is -1.64. The van der Waals surface area contributed by atoms with Crippen molar-refractivity contribution in [2.45, 2.75) is 25.2 Å². The summed E-state index contributed by atoms with van der Waals surface area (Å²) in [5.41, 5.74) is 1.37. The van der Waals surface area contributed by atoms with Gasteiger partial charge in [-0.1, -0.05) is 25.1 Å². The molecule has 1 amide bonds. The van der Waals surface area contributed by atoms with Crippen molar-refractivity contribution in [2.24, 2.45) is 11.3 Å². The molecule has 2 aliphatic carbocycles. The molecule has 1 aromatic carbocycles. The van der Waals surface area contributed by atoms with E-state index in [1.54, 1.807) is 4.90 Å². The van der Waals surface area contributed by atoms with Crippen molar-refractivity contribution in [3.8, 4) is 0 Å². The minimum Gasteiger partial charge on any atom is -0.314 e. The van der Waals surface area contributed by atoms with Gasteiger partial charge in [-0.05, 0) is 23.5 Å². The van der Waals surface area contributed by atoms with E-state index in [1.807, 2.05) is 31.3 Å². The highest BCUT2D eigenvalue weighted by Gasteiger charge is 2.85. The van der Waals surface area contributed by atoms with E-state index in [2.05, 4.69) is 6.92 Å². The van der Waals surface area contributed by atoms with Crippen LogP contribution in [0.5, 0.6) is 0 Å². The third kappa shape index (κ3) is 0.753. The summed E-state index contributed by atoms with van der Waals surface area (Å²) in [6, 6.07) is 7.91. The van der Waals surface area contributed by atoms with Crippen LogP contribution in [-0.4, -0.2) is 18.7 Å². The van der Waals surface area contributed by atoms with Crippen LogP contribution in [0, 0.1) is 11.3 Å². The smallest absolute Gasteiger partial charge is 0.238 e. The van der Waals surface area contributed by atoms with Gasteiger partial charge < -0.3 is 4.90 Å². The first-order chi connectivity index (χ1) is 8.55. The van der Waals surface area contributed by atoms with E-state index in [9.17, 15) is 9.59 Å². The van der Waals surface area contributed by atoms with Gasteiger partial charge in [0.05, 0.1) is 5.41 Å². The number of hydrogen-bond donors (Lipinski definition) is 0. The second-order valence-corrected chi connectivity index (χ2v) is 6.01. The van der Waals surface area contributed by atoms with Crippen LogP contribution in [0.1, 0.15) is 25.3 Å². The zero-order chi connectivity index (χ0) is 12.7.